The lowest BCUT2D eigenvalue weighted by atomic mass is 9.87. The zero-order valence-corrected chi connectivity index (χ0v) is 12.6. The standard InChI is InChI=1S/C15H22F3NO/c1-8-9(2)11(4)14(12(5)10(8)3)13(19)6-20-7-15(16,17)18/h13H,6-7,19H2,1-5H3. The molecule has 0 amide bonds. The van der Waals surface area contributed by atoms with E-state index in [1.165, 1.54) is 5.56 Å². The molecule has 5 heteroatoms. The predicted molar refractivity (Wildman–Crippen MR) is 73.9 cm³/mol. The van der Waals surface area contributed by atoms with Crippen molar-refractivity contribution >= 4 is 0 Å². The maximum Gasteiger partial charge on any atom is 0.411 e. The van der Waals surface area contributed by atoms with Crippen molar-refractivity contribution in [2.45, 2.75) is 46.8 Å². The lowest BCUT2D eigenvalue weighted by Crippen LogP contribution is -2.25. The molecule has 0 bridgehead atoms. The fraction of sp³-hybridized carbons (Fsp3) is 0.600. The number of alkyl halides is 3. The van der Waals surface area contributed by atoms with Gasteiger partial charge in [-0.15, -0.1) is 0 Å². The second-order valence-corrected chi connectivity index (χ2v) is 5.28. The number of nitrogens with two attached hydrogens (primary N) is 1. The van der Waals surface area contributed by atoms with E-state index >= 15 is 0 Å². The van der Waals surface area contributed by atoms with Crippen LogP contribution in [0, 0.1) is 34.6 Å². The average Bonchev–Trinajstić information content (AvgIpc) is 2.32. The van der Waals surface area contributed by atoms with Gasteiger partial charge in [-0.25, -0.2) is 0 Å². The minimum atomic E-state index is -4.32. The molecule has 1 atom stereocenters. The monoisotopic (exact) mass is 289 g/mol. The summed E-state index contributed by atoms with van der Waals surface area (Å²) in [7, 11) is 0. The molecule has 1 unspecified atom stereocenters. The smallest absolute Gasteiger partial charge is 0.370 e. The Morgan fingerprint density at radius 2 is 1.30 bits per heavy atom. The molecule has 114 valence electrons. The Kier molecular flexibility index (Phi) is 5.21. The van der Waals surface area contributed by atoms with Crippen molar-refractivity contribution in [3.8, 4) is 0 Å². The van der Waals surface area contributed by atoms with Gasteiger partial charge in [0.2, 0.25) is 0 Å². The van der Waals surface area contributed by atoms with Gasteiger partial charge in [0.1, 0.15) is 6.61 Å². The van der Waals surface area contributed by atoms with E-state index in [0.29, 0.717) is 0 Å². The minimum Gasteiger partial charge on any atom is -0.370 e. The number of hydrogen-bond donors (Lipinski definition) is 1. The van der Waals surface area contributed by atoms with Crippen LogP contribution in [-0.2, 0) is 4.74 Å². The summed E-state index contributed by atoms with van der Waals surface area (Å²) in [5.74, 6) is 0. The summed E-state index contributed by atoms with van der Waals surface area (Å²) in [6, 6.07) is -0.546. The van der Waals surface area contributed by atoms with Crippen LogP contribution in [-0.4, -0.2) is 19.4 Å². The van der Waals surface area contributed by atoms with Crippen LogP contribution in [0.15, 0.2) is 0 Å². The van der Waals surface area contributed by atoms with E-state index in [9.17, 15) is 13.2 Å². The normalized spacial score (nSPS) is 13.7. The number of hydrogen-bond acceptors (Lipinski definition) is 2. The summed E-state index contributed by atoms with van der Waals surface area (Å²) in [6.07, 6.45) is -4.32. The van der Waals surface area contributed by atoms with E-state index in [2.05, 4.69) is 4.74 Å². The van der Waals surface area contributed by atoms with Crippen molar-refractivity contribution in [2.75, 3.05) is 13.2 Å². The fourth-order valence-corrected chi connectivity index (χ4v) is 2.47. The van der Waals surface area contributed by atoms with E-state index in [1.54, 1.807) is 0 Å². The molecule has 0 spiro atoms. The molecule has 2 nitrogen and oxygen atoms in total. The van der Waals surface area contributed by atoms with E-state index in [0.717, 1.165) is 27.8 Å². The molecule has 0 heterocycles. The summed E-state index contributed by atoms with van der Waals surface area (Å²) in [5.41, 5.74) is 12.5. The molecule has 2 N–H and O–H groups in total. The van der Waals surface area contributed by atoms with Crippen LogP contribution >= 0.6 is 0 Å². The molecule has 0 saturated heterocycles. The van der Waals surface area contributed by atoms with Crippen molar-refractivity contribution in [3.63, 3.8) is 0 Å². The number of ether oxygens (including phenoxy) is 1. The van der Waals surface area contributed by atoms with E-state index < -0.39 is 18.8 Å². The first-order chi connectivity index (χ1) is 9.06. The third-order valence-electron chi connectivity index (χ3n) is 3.99. The van der Waals surface area contributed by atoms with Gasteiger partial charge in [0.25, 0.3) is 0 Å². The molecule has 0 aromatic heterocycles. The maximum atomic E-state index is 12.1. The SMILES string of the molecule is Cc1c(C)c(C)c(C(N)COCC(F)(F)F)c(C)c1C. The molecule has 0 radical (unpaired) electrons. The summed E-state index contributed by atoms with van der Waals surface area (Å²) >= 11 is 0. The van der Waals surface area contributed by atoms with E-state index in [1.807, 2.05) is 34.6 Å². The zero-order chi connectivity index (χ0) is 15.7. The Hall–Kier alpha value is -1.07. The van der Waals surface area contributed by atoms with E-state index in [-0.39, 0.29) is 6.61 Å². The number of rotatable bonds is 4. The van der Waals surface area contributed by atoms with Gasteiger partial charge in [0, 0.05) is 0 Å². The second-order valence-electron chi connectivity index (χ2n) is 5.28. The second kappa shape index (κ2) is 6.14. The van der Waals surface area contributed by atoms with Crippen molar-refractivity contribution in [3.05, 3.63) is 33.4 Å². The summed E-state index contributed by atoms with van der Waals surface area (Å²) in [5, 5.41) is 0. The lowest BCUT2D eigenvalue weighted by molar-refractivity contribution is -0.174. The van der Waals surface area contributed by atoms with Crippen LogP contribution in [0.3, 0.4) is 0 Å². The number of halogens is 3. The Morgan fingerprint density at radius 1 is 0.900 bits per heavy atom. The highest BCUT2D eigenvalue weighted by Crippen LogP contribution is 2.30. The quantitative estimate of drug-likeness (QED) is 0.915. The summed E-state index contributed by atoms with van der Waals surface area (Å²) in [4.78, 5) is 0. The number of benzene rings is 1. The summed E-state index contributed by atoms with van der Waals surface area (Å²) in [6.45, 7) is 8.56. The molecular formula is C15H22F3NO. The molecule has 1 rings (SSSR count). The first kappa shape index (κ1) is 17.0. The zero-order valence-electron chi connectivity index (χ0n) is 12.6. The van der Waals surface area contributed by atoms with E-state index in [4.69, 9.17) is 5.73 Å². The Bertz CT molecular complexity index is 466. The molecule has 0 fully saturated rings. The van der Waals surface area contributed by atoms with Gasteiger partial charge in [0.05, 0.1) is 12.6 Å². The van der Waals surface area contributed by atoms with Crippen LogP contribution in [0.4, 0.5) is 13.2 Å². The van der Waals surface area contributed by atoms with Crippen molar-refractivity contribution in [2.24, 2.45) is 5.73 Å². The van der Waals surface area contributed by atoms with Crippen molar-refractivity contribution < 1.29 is 17.9 Å². The maximum absolute atomic E-state index is 12.1. The van der Waals surface area contributed by atoms with Crippen LogP contribution in [0.2, 0.25) is 0 Å². The van der Waals surface area contributed by atoms with Gasteiger partial charge in [-0.3, -0.25) is 0 Å². The molecule has 0 aliphatic carbocycles. The largest absolute Gasteiger partial charge is 0.411 e. The fourth-order valence-electron chi connectivity index (χ4n) is 2.47. The van der Waals surface area contributed by atoms with Gasteiger partial charge in [-0.1, -0.05) is 0 Å². The molecular weight excluding hydrogens is 267 g/mol. The topological polar surface area (TPSA) is 35.2 Å². The third kappa shape index (κ3) is 3.73. The molecule has 20 heavy (non-hydrogen) atoms. The Morgan fingerprint density at radius 3 is 1.70 bits per heavy atom. The lowest BCUT2D eigenvalue weighted by Gasteiger charge is -2.23. The minimum absolute atomic E-state index is 0.136. The van der Waals surface area contributed by atoms with Gasteiger partial charge in [-0.05, 0) is 68.0 Å². The molecule has 1 aromatic carbocycles. The van der Waals surface area contributed by atoms with Crippen LogP contribution in [0.25, 0.3) is 0 Å². The predicted octanol–water partition coefficient (Wildman–Crippen LogP) is 3.81. The van der Waals surface area contributed by atoms with Crippen molar-refractivity contribution in [1.82, 2.24) is 0 Å². The van der Waals surface area contributed by atoms with Crippen LogP contribution < -0.4 is 5.73 Å². The Balaban J connectivity index is 2.96. The molecule has 1 aromatic rings. The highest BCUT2D eigenvalue weighted by atomic mass is 19.4. The van der Waals surface area contributed by atoms with Crippen LogP contribution in [0.1, 0.15) is 39.4 Å². The third-order valence-corrected chi connectivity index (χ3v) is 3.99. The molecule has 0 aliphatic rings. The average molecular weight is 289 g/mol. The first-order valence-corrected chi connectivity index (χ1v) is 6.53. The first-order valence-electron chi connectivity index (χ1n) is 6.53. The highest BCUT2D eigenvalue weighted by Gasteiger charge is 2.28. The van der Waals surface area contributed by atoms with Crippen molar-refractivity contribution in [1.29, 1.82) is 0 Å². The van der Waals surface area contributed by atoms with Gasteiger partial charge in [-0.2, -0.15) is 13.2 Å². The highest BCUT2D eigenvalue weighted by molar-refractivity contribution is 5.50. The van der Waals surface area contributed by atoms with Gasteiger partial charge in [0.15, 0.2) is 0 Å². The summed E-state index contributed by atoms with van der Waals surface area (Å²) < 4.78 is 40.9. The molecule has 0 saturated carbocycles. The molecule has 0 aliphatic heterocycles. The Labute approximate surface area is 118 Å². The van der Waals surface area contributed by atoms with Crippen LogP contribution in [0.5, 0.6) is 0 Å². The van der Waals surface area contributed by atoms with Gasteiger partial charge >= 0.3 is 6.18 Å². The van der Waals surface area contributed by atoms with Gasteiger partial charge < -0.3 is 10.5 Å².